The van der Waals surface area contributed by atoms with Gasteiger partial charge >= 0.3 is 0 Å². The third kappa shape index (κ3) is 2.28. The first-order valence-electron chi connectivity index (χ1n) is 7.47. The van der Waals surface area contributed by atoms with Crippen molar-refractivity contribution in [2.45, 2.75) is 13.8 Å². The van der Waals surface area contributed by atoms with Gasteiger partial charge in [-0.3, -0.25) is 0 Å². The highest BCUT2D eigenvalue weighted by Gasteiger charge is 2.15. The number of aryl methyl sites for hydroxylation is 2. The van der Waals surface area contributed by atoms with Crippen LogP contribution in [0.15, 0.2) is 59.3 Å². The average molecular weight is 301 g/mol. The third-order valence-corrected chi connectivity index (χ3v) is 4.04. The van der Waals surface area contributed by atoms with Gasteiger partial charge in [-0.25, -0.2) is 15.0 Å². The van der Waals surface area contributed by atoms with Gasteiger partial charge < -0.3 is 4.42 Å². The van der Waals surface area contributed by atoms with Crippen molar-refractivity contribution in [1.82, 2.24) is 15.0 Å². The number of fused-ring (bicyclic) bond motifs is 1. The molecule has 0 atom stereocenters. The second kappa shape index (κ2) is 5.32. The van der Waals surface area contributed by atoms with E-state index in [1.165, 1.54) is 0 Å². The molecule has 0 fully saturated rings. The summed E-state index contributed by atoms with van der Waals surface area (Å²) in [5.41, 5.74) is 3.93. The van der Waals surface area contributed by atoms with Gasteiger partial charge in [0.1, 0.15) is 17.7 Å². The summed E-state index contributed by atoms with van der Waals surface area (Å²) in [5.74, 6) is 2.25. The summed E-state index contributed by atoms with van der Waals surface area (Å²) in [6.07, 6.45) is 1.56. The summed E-state index contributed by atoms with van der Waals surface area (Å²) in [4.78, 5) is 13.3. The second-order valence-corrected chi connectivity index (χ2v) is 5.46. The number of rotatable bonds is 2. The fourth-order valence-electron chi connectivity index (χ4n) is 2.76. The molecule has 112 valence electrons. The molecule has 0 aliphatic heterocycles. The molecule has 0 N–H and O–H groups in total. The lowest BCUT2D eigenvalue weighted by Crippen LogP contribution is -1.95. The van der Waals surface area contributed by atoms with Crippen molar-refractivity contribution >= 4 is 11.0 Å². The number of hydrogen-bond donors (Lipinski definition) is 0. The molecule has 0 amide bonds. The van der Waals surface area contributed by atoms with E-state index in [2.05, 4.69) is 21.9 Å². The first kappa shape index (κ1) is 13.6. The van der Waals surface area contributed by atoms with Crippen LogP contribution in [0.3, 0.4) is 0 Å². The van der Waals surface area contributed by atoms with E-state index in [-0.39, 0.29) is 0 Å². The smallest absolute Gasteiger partial charge is 0.164 e. The molecule has 4 heteroatoms. The van der Waals surface area contributed by atoms with Crippen LogP contribution in [-0.4, -0.2) is 15.0 Å². The van der Waals surface area contributed by atoms with Gasteiger partial charge in [-0.05, 0) is 25.5 Å². The highest BCUT2D eigenvalue weighted by atomic mass is 16.3. The van der Waals surface area contributed by atoms with Crippen LogP contribution in [0.25, 0.3) is 33.7 Å². The lowest BCUT2D eigenvalue weighted by Gasteiger charge is -2.05. The van der Waals surface area contributed by atoms with Crippen molar-refractivity contribution in [3.63, 3.8) is 0 Å². The van der Waals surface area contributed by atoms with Crippen LogP contribution >= 0.6 is 0 Å². The zero-order chi connectivity index (χ0) is 15.8. The molecule has 4 nitrogen and oxygen atoms in total. The molecule has 0 radical (unpaired) electrons. The molecule has 2 aromatic heterocycles. The number of benzene rings is 2. The molecular weight excluding hydrogens is 286 g/mol. The SMILES string of the molecule is Cc1oc2cccc(-c3ncnc(-c4ccccc4)n3)c2c1C. The predicted molar refractivity (Wildman–Crippen MR) is 89.9 cm³/mol. The Balaban J connectivity index is 1.92. The van der Waals surface area contributed by atoms with Crippen molar-refractivity contribution in [3.05, 3.63) is 66.2 Å². The maximum atomic E-state index is 5.80. The van der Waals surface area contributed by atoms with Crippen LogP contribution in [0.5, 0.6) is 0 Å². The van der Waals surface area contributed by atoms with E-state index in [0.717, 1.165) is 33.4 Å². The Kier molecular flexibility index (Phi) is 3.15. The first-order valence-corrected chi connectivity index (χ1v) is 7.47. The van der Waals surface area contributed by atoms with Gasteiger partial charge in [-0.15, -0.1) is 0 Å². The summed E-state index contributed by atoms with van der Waals surface area (Å²) in [6.45, 7) is 4.03. The monoisotopic (exact) mass is 301 g/mol. The summed E-state index contributed by atoms with van der Waals surface area (Å²) in [6, 6.07) is 15.9. The predicted octanol–water partition coefficient (Wildman–Crippen LogP) is 4.57. The molecule has 2 aromatic carbocycles. The fourth-order valence-corrected chi connectivity index (χ4v) is 2.76. The van der Waals surface area contributed by atoms with Gasteiger partial charge in [0.15, 0.2) is 11.6 Å². The van der Waals surface area contributed by atoms with Gasteiger partial charge in [0, 0.05) is 16.5 Å². The highest BCUT2D eigenvalue weighted by molar-refractivity contribution is 5.95. The minimum absolute atomic E-state index is 0.661. The normalized spacial score (nSPS) is 11.0. The standard InChI is InChI=1S/C19H15N3O/c1-12-13(2)23-16-10-6-9-15(17(12)16)19-21-11-20-18(22-19)14-7-4-3-5-8-14/h3-11H,1-2H3. The maximum absolute atomic E-state index is 5.80. The quantitative estimate of drug-likeness (QED) is 0.544. The van der Waals surface area contributed by atoms with Gasteiger partial charge in [0.2, 0.25) is 0 Å². The van der Waals surface area contributed by atoms with Crippen molar-refractivity contribution in [2.24, 2.45) is 0 Å². The first-order chi connectivity index (χ1) is 11.2. The van der Waals surface area contributed by atoms with Gasteiger partial charge in [0.05, 0.1) is 0 Å². The van der Waals surface area contributed by atoms with E-state index < -0.39 is 0 Å². The number of hydrogen-bond acceptors (Lipinski definition) is 4. The van der Waals surface area contributed by atoms with Crippen molar-refractivity contribution in [2.75, 3.05) is 0 Å². The van der Waals surface area contributed by atoms with E-state index >= 15 is 0 Å². The molecule has 0 aliphatic rings. The number of nitrogens with zero attached hydrogens (tertiary/aromatic N) is 3. The van der Waals surface area contributed by atoms with Gasteiger partial charge in [-0.1, -0.05) is 42.5 Å². The van der Waals surface area contributed by atoms with Gasteiger partial charge in [0.25, 0.3) is 0 Å². The Morgan fingerprint density at radius 3 is 2.43 bits per heavy atom. The van der Waals surface area contributed by atoms with E-state index in [9.17, 15) is 0 Å². The van der Waals surface area contributed by atoms with Crippen molar-refractivity contribution in [3.8, 4) is 22.8 Å². The molecule has 2 heterocycles. The number of aromatic nitrogens is 3. The molecule has 0 unspecified atom stereocenters. The third-order valence-electron chi connectivity index (χ3n) is 4.04. The summed E-state index contributed by atoms with van der Waals surface area (Å²) in [5, 5.41) is 1.07. The molecule has 4 rings (SSSR count). The second-order valence-electron chi connectivity index (χ2n) is 5.46. The van der Waals surface area contributed by atoms with Crippen molar-refractivity contribution in [1.29, 1.82) is 0 Å². The molecule has 0 saturated carbocycles. The van der Waals surface area contributed by atoms with Gasteiger partial charge in [-0.2, -0.15) is 0 Å². The van der Waals surface area contributed by atoms with Crippen molar-refractivity contribution < 1.29 is 4.42 Å². The molecule has 23 heavy (non-hydrogen) atoms. The molecule has 0 bridgehead atoms. The summed E-state index contributed by atoms with van der Waals surface area (Å²) >= 11 is 0. The average Bonchev–Trinajstić information content (AvgIpc) is 2.90. The summed E-state index contributed by atoms with van der Waals surface area (Å²) < 4.78 is 5.80. The minimum Gasteiger partial charge on any atom is -0.461 e. The topological polar surface area (TPSA) is 51.8 Å². The molecule has 0 spiro atoms. The maximum Gasteiger partial charge on any atom is 0.164 e. The van der Waals surface area contributed by atoms with Crippen LogP contribution in [0.4, 0.5) is 0 Å². The zero-order valence-corrected chi connectivity index (χ0v) is 12.9. The van der Waals surface area contributed by atoms with E-state index in [1.807, 2.05) is 55.5 Å². The van der Waals surface area contributed by atoms with Crippen LogP contribution in [0.1, 0.15) is 11.3 Å². The molecular formula is C19H15N3O. The van der Waals surface area contributed by atoms with E-state index in [1.54, 1.807) is 6.33 Å². The zero-order valence-electron chi connectivity index (χ0n) is 12.9. The number of furan rings is 1. The Morgan fingerprint density at radius 1 is 0.826 bits per heavy atom. The van der Waals surface area contributed by atoms with Crippen LogP contribution in [-0.2, 0) is 0 Å². The van der Waals surface area contributed by atoms with Crippen LogP contribution in [0, 0.1) is 13.8 Å². The van der Waals surface area contributed by atoms with Crippen LogP contribution in [0.2, 0.25) is 0 Å². The highest BCUT2D eigenvalue weighted by Crippen LogP contribution is 2.33. The van der Waals surface area contributed by atoms with E-state index in [4.69, 9.17) is 4.42 Å². The molecule has 4 aromatic rings. The Hall–Kier alpha value is -3.01. The Morgan fingerprint density at radius 2 is 1.61 bits per heavy atom. The van der Waals surface area contributed by atoms with E-state index in [0.29, 0.717) is 11.6 Å². The lowest BCUT2D eigenvalue weighted by atomic mass is 10.1. The fraction of sp³-hybridized carbons (Fsp3) is 0.105. The Bertz CT molecular complexity index is 990. The molecule has 0 saturated heterocycles. The lowest BCUT2D eigenvalue weighted by molar-refractivity contribution is 0.575. The minimum atomic E-state index is 0.661. The van der Waals surface area contributed by atoms with Crippen LogP contribution < -0.4 is 0 Å². The molecule has 0 aliphatic carbocycles. The Labute approximate surface area is 133 Å². The largest absolute Gasteiger partial charge is 0.461 e. The summed E-state index contributed by atoms with van der Waals surface area (Å²) in [7, 11) is 0.